The number of fused-ring (bicyclic) bond motifs is 1. The van der Waals surface area contributed by atoms with Gasteiger partial charge in [0.1, 0.15) is 5.52 Å². The molecule has 1 atom stereocenters. The Balaban J connectivity index is 2.57. The van der Waals surface area contributed by atoms with Gasteiger partial charge in [0.2, 0.25) is 0 Å². The third-order valence-electron chi connectivity index (χ3n) is 3.05. The van der Waals surface area contributed by atoms with Crippen molar-refractivity contribution in [1.29, 1.82) is 0 Å². The highest BCUT2D eigenvalue weighted by Crippen LogP contribution is 2.27. The molecule has 1 heterocycles. The lowest BCUT2D eigenvalue weighted by molar-refractivity contribution is -0.383. The molecule has 0 aliphatic rings. The molecule has 0 aliphatic carbocycles. The van der Waals surface area contributed by atoms with Crippen LogP contribution in [-0.4, -0.2) is 23.0 Å². The summed E-state index contributed by atoms with van der Waals surface area (Å²) in [5.74, 6) is 0. The minimum absolute atomic E-state index is 0.0615. The smallest absolute Gasteiger partial charge is 0.295 e. The molecule has 1 unspecified atom stereocenters. The van der Waals surface area contributed by atoms with Crippen LogP contribution < -0.4 is 5.32 Å². The molecule has 0 saturated carbocycles. The van der Waals surface area contributed by atoms with Gasteiger partial charge in [-0.25, -0.2) is 4.98 Å². The maximum atomic E-state index is 11.0. The van der Waals surface area contributed by atoms with Gasteiger partial charge in [0, 0.05) is 23.7 Å². The van der Waals surface area contributed by atoms with Crippen LogP contribution in [0.25, 0.3) is 10.9 Å². The summed E-state index contributed by atoms with van der Waals surface area (Å²) in [6.45, 7) is 2.07. The van der Waals surface area contributed by atoms with Crippen molar-refractivity contribution >= 4 is 16.6 Å². The molecule has 0 bridgehead atoms. The Kier molecular flexibility index (Phi) is 3.53. The molecule has 0 spiro atoms. The highest BCUT2D eigenvalue weighted by molar-refractivity contribution is 5.89. The molecular formula is C13H15N3O2. The van der Waals surface area contributed by atoms with Crippen LogP contribution in [0.1, 0.15) is 12.5 Å². The number of nitrogens with one attached hydrogen (secondary N) is 1. The molecule has 1 N–H and O–H groups in total. The lowest BCUT2D eigenvalue weighted by Crippen LogP contribution is -2.23. The summed E-state index contributed by atoms with van der Waals surface area (Å²) in [7, 11) is 1.90. The van der Waals surface area contributed by atoms with Crippen LogP contribution in [0.5, 0.6) is 0 Å². The fraction of sp³-hybridized carbons (Fsp3) is 0.308. The molecule has 1 aromatic heterocycles. The lowest BCUT2D eigenvalue weighted by Gasteiger charge is -2.12. The molecule has 5 nitrogen and oxygen atoms in total. The Labute approximate surface area is 105 Å². The molecule has 18 heavy (non-hydrogen) atoms. The van der Waals surface area contributed by atoms with Crippen LogP contribution in [0.2, 0.25) is 0 Å². The van der Waals surface area contributed by atoms with Gasteiger partial charge in [-0.1, -0.05) is 12.1 Å². The normalized spacial score (nSPS) is 12.6. The summed E-state index contributed by atoms with van der Waals surface area (Å²) in [5.41, 5.74) is 1.60. The van der Waals surface area contributed by atoms with Gasteiger partial charge in [0.05, 0.1) is 4.92 Å². The molecule has 1 aromatic carbocycles. The van der Waals surface area contributed by atoms with Gasteiger partial charge in [-0.3, -0.25) is 10.1 Å². The third kappa shape index (κ3) is 2.31. The van der Waals surface area contributed by atoms with Gasteiger partial charge in [0.15, 0.2) is 0 Å². The zero-order chi connectivity index (χ0) is 13.1. The van der Waals surface area contributed by atoms with E-state index in [-0.39, 0.29) is 10.6 Å². The van der Waals surface area contributed by atoms with E-state index in [2.05, 4.69) is 17.2 Å². The molecule has 2 rings (SSSR count). The molecule has 0 saturated heterocycles. The van der Waals surface area contributed by atoms with Gasteiger partial charge in [-0.2, -0.15) is 0 Å². The predicted octanol–water partition coefficient (Wildman–Crippen LogP) is 2.29. The summed E-state index contributed by atoms with van der Waals surface area (Å²) >= 11 is 0. The maximum Gasteiger partial charge on any atom is 0.295 e. The van der Waals surface area contributed by atoms with E-state index in [9.17, 15) is 10.1 Å². The van der Waals surface area contributed by atoms with Gasteiger partial charge >= 0.3 is 0 Å². The molecule has 0 fully saturated rings. The van der Waals surface area contributed by atoms with E-state index in [1.165, 1.54) is 6.07 Å². The van der Waals surface area contributed by atoms with E-state index < -0.39 is 0 Å². The molecular weight excluding hydrogens is 230 g/mol. The Bertz CT molecular complexity index is 583. The predicted molar refractivity (Wildman–Crippen MR) is 70.6 cm³/mol. The third-order valence-corrected chi connectivity index (χ3v) is 3.05. The fourth-order valence-corrected chi connectivity index (χ4v) is 1.97. The highest BCUT2D eigenvalue weighted by Gasteiger charge is 2.15. The van der Waals surface area contributed by atoms with E-state index in [4.69, 9.17) is 0 Å². The number of nitrogens with zero attached hydrogens (tertiary/aromatic N) is 2. The number of pyridine rings is 1. The number of nitro groups is 1. The number of non-ortho nitro benzene ring substituents is 1. The van der Waals surface area contributed by atoms with E-state index in [1.54, 1.807) is 12.3 Å². The van der Waals surface area contributed by atoms with Gasteiger partial charge in [-0.15, -0.1) is 0 Å². The molecule has 2 aromatic rings. The summed E-state index contributed by atoms with van der Waals surface area (Å²) in [5, 5.41) is 15.0. The van der Waals surface area contributed by atoms with E-state index in [0.29, 0.717) is 11.6 Å². The van der Waals surface area contributed by atoms with Crippen molar-refractivity contribution in [2.24, 2.45) is 0 Å². The average molecular weight is 245 g/mol. The van der Waals surface area contributed by atoms with Gasteiger partial charge in [-0.05, 0) is 32.0 Å². The van der Waals surface area contributed by atoms with Gasteiger partial charge < -0.3 is 5.32 Å². The monoisotopic (exact) mass is 245 g/mol. The van der Waals surface area contributed by atoms with Crippen LogP contribution in [0.15, 0.2) is 30.5 Å². The van der Waals surface area contributed by atoms with Crippen molar-refractivity contribution in [2.45, 2.75) is 19.4 Å². The van der Waals surface area contributed by atoms with Crippen LogP contribution in [-0.2, 0) is 6.42 Å². The zero-order valence-corrected chi connectivity index (χ0v) is 10.4. The van der Waals surface area contributed by atoms with E-state index in [0.717, 1.165) is 17.4 Å². The molecule has 0 aliphatic heterocycles. The van der Waals surface area contributed by atoms with Crippen molar-refractivity contribution in [3.05, 3.63) is 46.1 Å². The first-order valence-corrected chi connectivity index (χ1v) is 5.81. The van der Waals surface area contributed by atoms with Crippen LogP contribution in [0.3, 0.4) is 0 Å². The number of nitro benzene ring substituents is 1. The van der Waals surface area contributed by atoms with Crippen molar-refractivity contribution in [1.82, 2.24) is 10.3 Å². The largest absolute Gasteiger partial charge is 0.317 e. The van der Waals surface area contributed by atoms with Crippen LogP contribution in [0, 0.1) is 10.1 Å². The second-order valence-corrected chi connectivity index (χ2v) is 4.29. The number of benzene rings is 1. The summed E-state index contributed by atoms with van der Waals surface area (Å²) < 4.78 is 0. The fourth-order valence-electron chi connectivity index (χ4n) is 1.97. The van der Waals surface area contributed by atoms with E-state index >= 15 is 0 Å². The Morgan fingerprint density at radius 2 is 2.22 bits per heavy atom. The summed E-state index contributed by atoms with van der Waals surface area (Å²) in [4.78, 5) is 14.7. The van der Waals surface area contributed by atoms with Crippen LogP contribution in [0.4, 0.5) is 5.69 Å². The molecule has 0 amide bonds. The van der Waals surface area contributed by atoms with E-state index in [1.807, 2.05) is 19.2 Å². The topological polar surface area (TPSA) is 68.1 Å². The Morgan fingerprint density at radius 1 is 1.44 bits per heavy atom. The minimum Gasteiger partial charge on any atom is -0.317 e. The summed E-state index contributed by atoms with van der Waals surface area (Å²) in [6.07, 6.45) is 2.40. The number of hydrogen-bond acceptors (Lipinski definition) is 4. The Morgan fingerprint density at radius 3 is 2.89 bits per heavy atom. The lowest BCUT2D eigenvalue weighted by atomic mass is 10.0. The first-order valence-electron chi connectivity index (χ1n) is 5.81. The number of aromatic nitrogens is 1. The first kappa shape index (κ1) is 12.4. The minimum atomic E-state index is -0.388. The number of likely N-dealkylation sites (N-methyl/N-ethyl adjacent to an activating group) is 1. The molecule has 94 valence electrons. The van der Waals surface area contributed by atoms with Crippen molar-refractivity contribution < 1.29 is 4.92 Å². The Hall–Kier alpha value is -2.01. The zero-order valence-electron chi connectivity index (χ0n) is 10.4. The van der Waals surface area contributed by atoms with Crippen molar-refractivity contribution in [2.75, 3.05) is 7.05 Å². The number of rotatable bonds is 4. The SMILES string of the molecule is CNC(C)Cc1ccc([N+](=O)[O-])c2ncccc12. The maximum absolute atomic E-state index is 11.0. The first-order chi connectivity index (χ1) is 8.63. The molecule has 0 radical (unpaired) electrons. The highest BCUT2D eigenvalue weighted by atomic mass is 16.6. The molecule has 5 heteroatoms. The standard InChI is InChI=1S/C13H15N3O2/c1-9(14-2)8-10-5-6-12(16(17)18)13-11(10)4-3-7-15-13/h3-7,9,14H,8H2,1-2H3. The average Bonchev–Trinajstić information content (AvgIpc) is 2.38. The quantitative estimate of drug-likeness (QED) is 0.663. The van der Waals surface area contributed by atoms with Crippen LogP contribution >= 0.6 is 0 Å². The second-order valence-electron chi connectivity index (χ2n) is 4.29. The van der Waals surface area contributed by atoms with Crippen molar-refractivity contribution in [3.63, 3.8) is 0 Å². The van der Waals surface area contributed by atoms with Crippen molar-refractivity contribution in [3.8, 4) is 0 Å². The van der Waals surface area contributed by atoms with Gasteiger partial charge in [0.25, 0.3) is 5.69 Å². The summed E-state index contributed by atoms with van der Waals surface area (Å²) in [6, 6.07) is 7.35. The number of hydrogen-bond donors (Lipinski definition) is 1. The second kappa shape index (κ2) is 5.10.